The van der Waals surface area contributed by atoms with Crippen molar-refractivity contribution in [3.05, 3.63) is 57.4 Å². The maximum Gasteiger partial charge on any atom is 0.417 e. The Balaban J connectivity index is 1.69. The zero-order chi connectivity index (χ0) is 18.7. The van der Waals surface area contributed by atoms with Crippen LogP contribution in [0.15, 0.2) is 36.4 Å². The molecule has 0 bridgehead atoms. The second-order valence-electron chi connectivity index (χ2n) is 5.28. The van der Waals surface area contributed by atoms with E-state index in [-0.39, 0.29) is 23.8 Å². The average molecular weight is 405 g/mol. The van der Waals surface area contributed by atoms with Gasteiger partial charge < -0.3 is 9.47 Å². The number of amides is 1. The fourth-order valence-electron chi connectivity index (χ4n) is 2.19. The van der Waals surface area contributed by atoms with E-state index in [0.717, 1.165) is 17.4 Å². The fourth-order valence-corrected chi connectivity index (χ4v) is 3.26. The minimum atomic E-state index is -4.52. The van der Waals surface area contributed by atoms with Crippen molar-refractivity contribution >= 4 is 34.0 Å². The zero-order valence-electron chi connectivity index (χ0n) is 13.1. The average Bonchev–Trinajstić information content (AvgIpc) is 3.03. The molecule has 138 valence electrons. The van der Waals surface area contributed by atoms with Crippen LogP contribution in [-0.4, -0.2) is 24.1 Å². The van der Waals surface area contributed by atoms with Crippen LogP contribution in [0.3, 0.4) is 0 Å². The summed E-state index contributed by atoms with van der Waals surface area (Å²) in [4.78, 5) is 16.7. The van der Waals surface area contributed by atoms with Gasteiger partial charge in [-0.15, -0.1) is 11.3 Å². The van der Waals surface area contributed by atoms with Gasteiger partial charge in [0.2, 0.25) is 5.76 Å². The third kappa shape index (κ3) is 4.47. The third-order valence-electron chi connectivity index (χ3n) is 3.36. The standard InChI is InChI=1S/C16H12ClF3N2O3S/c17-12-2-1-9(6-11(12)16(18,19)20)5-10-7-21-15(26-10)22-14(23)13-8-24-3-4-25-13/h1-2,6-8H,3-5H2,(H,21,22,23). The molecule has 2 aromatic rings. The molecular formula is C16H12ClF3N2O3S. The molecule has 0 spiro atoms. The van der Waals surface area contributed by atoms with E-state index in [9.17, 15) is 18.0 Å². The Hall–Kier alpha value is -2.26. The lowest BCUT2D eigenvalue weighted by Gasteiger charge is -2.14. The summed E-state index contributed by atoms with van der Waals surface area (Å²) in [6.45, 7) is 0.652. The Labute approximate surface area is 155 Å². The molecule has 0 unspecified atom stereocenters. The van der Waals surface area contributed by atoms with Crippen LogP contribution in [0.2, 0.25) is 5.02 Å². The van der Waals surface area contributed by atoms with Gasteiger partial charge in [0, 0.05) is 17.5 Å². The molecule has 0 aliphatic carbocycles. The molecule has 0 saturated heterocycles. The summed E-state index contributed by atoms with van der Waals surface area (Å²) in [5.74, 6) is -0.461. The highest BCUT2D eigenvalue weighted by atomic mass is 35.5. The van der Waals surface area contributed by atoms with E-state index in [1.807, 2.05) is 0 Å². The van der Waals surface area contributed by atoms with Gasteiger partial charge in [-0.05, 0) is 17.7 Å². The normalized spacial score (nSPS) is 14.2. The minimum absolute atomic E-state index is 0.0421. The predicted octanol–water partition coefficient (Wildman–Crippen LogP) is 4.23. The first-order chi connectivity index (χ1) is 12.3. The van der Waals surface area contributed by atoms with Crippen LogP contribution in [0.25, 0.3) is 0 Å². The number of benzene rings is 1. The Morgan fingerprint density at radius 3 is 2.85 bits per heavy atom. The van der Waals surface area contributed by atoms with Gasteiger partial charge in [-0.1, -0.05) is 17.7 Å². The maximum atomic E-state index is 12.9. The van der Waals surface area contributed by atoms with Gasteiger partial charge in [-0.3, -0.25) is 10.1 Å². The lowest BCUT2D eigenvalue weighted by molar-refractivity contribution is -0.137. The predicted molar refractivity (Wildman–Crippen MR) is 90.0 cm³/mol. The second-order valence-corrected chi connectivity index (χ2v) is 6.80. The molecule has 0 saturated carbocycles. The number of carbonyl (C=O) groups excluding carboxylic acids is 1. The molecule has 1 aliphatic rings. The molecule has 5 nitrogen and oxygen atoms in total. The van der Waals surface area contributed by atoms with Crippen molar-refractivity contribution in [2.24, 2.45) is 0 Å². The first-order valence-corrected chi connectivity index (χ1v) is 8.58. The van der Waals surface area contributed by atoms with Gasteiger partial charge in [0.25, 0.3) is 5.91 Å². The van der Waals surface area contributed by atoms with Gasteiger partial charge in [0.1, 0.15) is 19.5 Å². The molecule has 1 aliphatic heterocycles. The van der Waals surface area contributed by atoms with Crippen LogP contribution in [0.4, 0.5) is 18.3 Å². The monoisotopic (exact) mass is 404 g/mol. The zero-order valence-corrected chi connectivity index (χ0v) is 14.7. The summed E-state index contributed by atoms with van der Waals surface area (Å²) in [6.07, 6.45) is -1.57. The van der Waals surface area contributed by atoms with Gasteiger partial charge in [0.05, 0.1) is 10.6 Å². The van der Waals surface area contributed by atoms with Gasteiger partial charge in [-0.25, -0.2) is 4.98 Å². The number of hydrogen-bond donors (Lipinski definition) is 1. The van der Waals surface area contributed by atoms with E-state index >= 15 is 0 Å². The summed E-state index contributed by atoms with van der Waals surface area (Å²) in [6, 6.07) is 3.75. The Bertz CT molecular complexity index is 852. The van der Waals surface area contributed by atoms with Crippen molar-refractivity contribution in [1.29, 1.82) is 0 Å². The number of ether oxygens (including phenoxy) is 2. The quantitative estimate of drug-likeness (QED) is 0.828. The number of rotatable bonds is 4. The fraction of sp³-hybridized carbons (Fsp3) is 0.250. The van der Waals surface area contributed by atoms with Crippen molar-refractivity contribution < 1.29 is 27.4 Å². The van der Waals surface area contributed by atoms with E-state index in [0.29, 0.717) is 22.2 Å². The second kappa shape index (κ2) is 7.55. The number of halogens is 4. The lowest BCUT2D eigenvalue weighted by Crippen LogP contribution is -2.20. The van der Waals surface area contributed by atoms with Crippen LogP contribution in [-0.2, 0) is 26.9 Å². The van der Waals surface area contributed by atoms with E-state index in [1.165, 1.54) is 24.6 Å². The van der Waals surface area contributed by atoms with Crippen molar-refractivity contribution in [3.63, 3.8) is 0 Å². The number of hydrogen-bond acceptors (Lipinski definition) is 5. The molecule has 3 rings (SSSR count). The van der Waals surface area contributed by atoms with Crippen LogP contribution in [0.5, 0.6) is 0 Å². The van der Waals surface area contributed by atoms with Crippen LogP contribution < -0.4 is 5.32 Å². The van der Waals surface area contributed by atoms with Gasteiger partial charge >= 0.3 is 6.18 Å². The van der Waals surface area contributed by atoms with E-state index in [2.05, 4.69) is 10.3 Å². The summed E-state index contributed by atoms with van der Waals surface area (Å²) < 4.78 is 48.9. The molecular weight excluding hydrogens is 393 g/mol. The molecule has 10 heteroatoms. The van der Waals surface area contributed by atoms with E-state index < -0.39 is 17.6 Å². The Morgan fingerprint density at radius 2 is 2.15 bits per heavy atom. The van der Waals surface area contributed by atoms with E-state index in [4.69, 9.17) is 21.1 Å². The number of anilines is 1. The molecule has 1 aromatic heterocycles. The SMILES string of the molecule is O=C(Nc1ncc(Cc2ccc(Cl)c(C(F)(F)F)c2)s1)C1=COCCO1. The lowest BCUT2D eigenvalue weighted by atomic mass is 10.1. The van der Waals surface area contributed by atoms with Gasteiger partial charge in [-0.2, -0.15) is 13.2 Å². The molecule has 26 heavy (non-hydrogen) atoms. The molecule has 1 N–H and O–H groups in total. The summed E-state index contributed by atoms with van der Waals surface area (Å²) >= 11 is 6.77. The molecule has 1 amide bonds. The number of carbonyl (C=O) groups is 1. The molecule has 0 fully saturated rings. The summed E-state index contributed by atoms with van der Waals surface area (Å²) in [7, 11) is 0. The highest BCUT2D eigenvalue weighted by Gasteiger charge is 2.33. The molecule has 1 aromatic carbocycles. The molecule has 2 heterocycles. The number of aromatic nitrogens is 1. The smallest absolute Gasteiger partial charge is 0.417 e. The topological polar surface area (TPSA) is 60.5 Å². The van der Waals surface area contributed by atoms with Crippen molar-refractivity contribution in [2.45, 2.75) is 12.6 Å². The van der Waals surface area contributed by atoms with Gasteiger partial charge in [0.15, 0.2) is 5.13 Å². The molecule has 0 radical (unpaired) electrons. The highest BCUT2D eigenvalue weighted by Crippen LogP contribution is 2.35. The summed E-state index contributed by atoms with van der Waals surface area (Å²) in [5.41, 5.74) is -0.439. The first-order valence-electron chi connectivity index (χ1n) is 7.39. The number of alkyl halides is 3. The Kier molecular flexibility index (Phi) is 5.38. The number of nitrogens with zero attached hydrogens (tertiary/aromatic N) is 1. The van der Waals surface area contributed by atoms with Crippen molar-refractivity contribution in [1.82, 2.24) is 4.98 Å². The molecule has 0 atom stereocenters. The minimum Gasteiger partial charge on any atom is -0.494 e. The first kappa shape index (κ1) is 18.5. The van der Waals surface area contributed by atoms with E-state index in [1.54, 1.807) is 0 Å². The van der Waals surface area contributed by atoms with Crippen LogP contribution in [0.1, 0.15) is 16.0 Å². The Morgan fingerprint density at radius 1 is 1.35 bits per heavy atom. The van der Waals surface area contributed by atoms with Crippen molar-refractivity contribution in [2.75, 3.05) is 18.5 Å². The number of nitrogens with one attached hydrogen (secondary N) is 1. The summed E-state index contributed by atoms with van der Waals surface area (Å²) in [5, 5.41) is 2.52. The third-order valence-corrected chi connectivity index (χ3v) is 4.60. The largest absolute Gasteiger partial charge is 0.494 e. The maximum absolute atomic E-state index is 12.9. The highest BCUT2D eigenvalue weighted by molar-refractivity contribution is 7.15. The van der Waals surface area contributed by atoms with Crippen LogP contribution in [0, 0.1) is 0 Å². The van der Waals surface area contributed by atoms with Crippen molar-refractivity contribution in [3.8, 4) is 0 Å². The number of thiazole rings is 1. The van der Waals surface area contributed by atoms with Crippen LogP contribution >= 0.6 is 22.9 Å².